The number of aromatic nitrogens is 2. The van der Waals surface area contributed by atoms with Gasteiger partial charge in [0.2, 0.25) is 5.12 Å². The van der Waals surface area contributed by atoms with Gasteiger partial charge in [-0.25, -0.2) is 0 Å². The first kappa shape index (κ1) is 12.7. The zero-order chi connectivity index (χ0) is 13.9. The van der Waals surface area contributed by atoms with Crippen molar-refractivity contribution in [3.8, 4) is 11.7 Å². The van der Waals surface area contributed by atoms with E-state index in [0.717, 1.165) is 17.3 Å². The molecule has 0 aliphatic heterocycles. The second-order valence-electron chi connectivity index (χ2n) is 4.11. The third-order valence-electron chi connectivity index (χ3n) is 2.61. The predicted octanol–water partition coefficient (Wildman–Crippen LogP) is 3.57. The molecule has 0 aliphatic rings. The zero-order valence-electron chi connectivity index (χ0n) is 10.6. The molecule has 3 aromatic rings. The fraction of sp³-hybridized carbons (Fsp3) is 0.0714. The van der Waals surface area contributed by atoms with Gasteiger partial charge in [0.05, 0.1) is 6.26 Å². The first-order valence-corrected chi connectivity index (χ1v) is 6.70. The van der Waals surface area contributed by atoms with Gasteiger partial charge in [0.1, 0.15) is 0 Å². The normalized spacial score (nSPS) is 10.7. The van der Waals surface area contributed by atoms with Crippen molar-refractivity contribution < 1.29 is 13.6 Å². The molecule has 0 spiro atoms. The summed E-state index contributed by atoms with van der Waals surface area (Å²) in [6.45, 7) is 1.97. The van der Waals surface area contributed by atoms with Crippen molar-refractivity contribution in [1.82, 2.24) is 10.2 Å². The van der Waals surface area contributed by atoms with E-state index in [-0.39, 0.29) is 16.2 Å². The minimum Gasteiger partial charge on any atom is -0.459 e. The summed E-state index contributed by atoms with van der Waals surface area (Å²) >= 11 is 0.900. The fourth-order valence-corrected chi connectivity index (χ4v) is 2.19. The number of nitrogens with zero attached hydrogens (tertiary/aromatic N) is 2. The van der Waals surface area contributed by atoms with Gasteiger partial charge < -0.3 is 8.83 Å². The second kappa shape index (κ2) is 5.34. The molecule has 0 saturated carbocycles. The van der Waals surface area contributed by atoms with Crippen molar-refractivity contribution in [2.24, 2.45) is 0 Å². The van der Waals surface area contributed by atoms with E-state index in [2.05, 4.69) is 10.2 Å². The molecule has 0 radical (unpaired) electrons. The SMILES string of the molecule is Cc1ccc(C(=O)Sc2nnc(-c3ccco3)o2)cc1. The summed E-state index contributed by atoms with van der Waals surface area (Å²) in [7, 11) is 0. The molecule has 2 heterocycles. The largest absolute Gasteiger partial charge is 0.459 e. The number of carbonyl (C=O) groups excluding carboxylic acids is 1. The molecule has 6 heteroatoms. The molecule has 0 amide bonds. The van der Waals surface area contributed by atoms with Gasteiger partial charge in [-0.3, -0.25) is 4.79 Å². The van der Waals surface area contributed by atoms with E-state index in [4.69, 9.17) is 8.83 Å². The number of aryl methyl sites for hydroxylation is 1. The minimum absolute atomic E-state index is 0.139. The van der Waals surface area contributed by atoms with Crippen LogP contribution in [0.2, 0.25) is 0 Å². The Labute approximate surface area is 119 Å². The Hall–Kier alpha value is -2.34. The van der Waals surface area contributed by atoms with Crippen molar-refractivity contribution in [2.75, 3.05) is 0 Å². The number of furan rings is 1. The molecule has 0 atom stereocenters. The molecule has 5 nitrogen and oxygen atoms in total. The van der Waals surface area contributed by atoms with Crippen LogP contribution >= 0.6 is 11.8 Å². The average molecular weight is 286 g/mol. The summed E-state index contributed by atoms with van der Waals surface area (Å²) in [4.78, 5) is 12.0. The second-order valence-corrected chi connectivity index (χ2v) is 5.03. The Morgan fingerprint density at radius 2 is 1.95 bits per heavy atom. The van der Waals surface area contributed by atoms with Gasteiger partial charge in [0.15, 0.2) is 5.76 Å². The van der Waals surface area contributed by atoms with Gasteiger partial charge in [-0.05, 0) is 19.1 Å². The molecule has 2 aromatic heterocycles. The molecule has 1 aromatic carbocycles. The molecule has 0 unspecified atom stereocenters. The van der Waals surface area contributed by atoms with E-state index < -0.39 is 0 Å². The van der Waals surface area contributed by atoms with Gasteiger partial charge in [-0.1, -0.05) is 29.8 Å². The number of hydrogen-bond donors (Lipinski definition) is 0. The molecule has 0 bridgehead atoms. The van der Waals surface area contributed by atoms with Crippen molar-refractivity contribution >= 4 is 16.9 Å². The molecular weight excluding hydrogens is 276 g/mol. The fourth-order valence-electron chi connectivity index (χ4n) is 1.58. The summed E-state index contributed by atoms with van der Waals surface area (Å²) < 4.78 is 10.5. The van der Waals surface area contributed by atoms with Crippen LogP contribution in [0.3, 0.4) is 0 Å². The first-order valence-electron chi connectivity index (χ1n) is 5.88. The topological polar surface area (TPSA) is 69.1 Å². The molecule has 100 valence electrons. The Balaban J connectivity index is 1.75. The van der Waals surface area contributed by atoms with Crippen molar-refractivity contribution in [1.29, 1.82) is 0 Å². The Bertz CT molecular complexity index is 717. The summed E-state index contributed by atoms with van der Waals surface area (Å²) in [6.07, 6.45) is 1.52. The lowest BCUT2D eigenvalue weighted by Gasteiger charge is -1.97. The Morgan fingerprint density at radius 1 is 1.15 bits per heavy atom. The summed E-state index contributed by atoms with van der Waals surface area (Å²) in [5.74, 6) is 0.737. The molecule has 0 N–H and O–H groups in total. The lowest BCUT2D eigenvalue weighted by molar-refractivity contribution is 0.108. The van der Waals surface area contributed by atoms with Crippen LogP contribution in [0.25, 0.3) is 11.7 Å². The lowest BCUT2D eigenvalue weighted by atomic mass is 10.2. The van der Waals surface area contributed by atoms with Crippen LogP contribution in [0.15, 0.2) is 56.7 Å². The molecule has 0 fully saturated rings. The third kappa shape index (κ3) is 2.65. The average Bonchev–Trinajstić information content (AvgIpc) is 3.09. The summed E-state index contributed by atoms with van der Waals surface area (Å²) in [5.41, 5.74) is 1.70. The van der Waals surface area contributed by atoms with Gasteiger partial charge in [0, 0.05) is 17.3 Å². The highest BCUT2D eigenvalue weighted by Crippen LogP contribution is 2.25. The summed E-state index contributed by atoms with van der Waals surface area (Å²) in [6, 6.07) is 10.8. The standard InChI is InChI=1S/C14H10N2O3S/c1-9-4-6-10(7-5-9)13(17)20-14-16-15-12(19-14)11-3-2-8-18-11/h2-8H,1H3. The van der Waals surface area contributed by atoms with E-state index in [0.29, 0.717) is 11.3 Å². The van der Waals surface area contributed by atoms with Gasteiger partial charge in [0.25, 0.3) is 11.1 Å². The van der Waals surface area contributed by atoms with Crippen LogP contribution in [0.5, 0.6) is 0 Å². The van der Waals surface area contributed by atoms with E-state index in [1.54, 1.807) is 24.3 Å². The quantitative estimate of drug-likeness (QED) is 0.685. The van der Waals surface area contributed by atoms with Crippen LogP contribution in [-0.4, -0.2) is 15.3 Å². The maximum atomic E-state index is 12.0. The van der Waals surface area contributed by atoms with E-state index in [1.165, 1.54) is 6.26 Å². The maximum Gasteiger partial charge on any atom is 0.284 e. The molecule has 0 aliphatic carbocycles. The number of rotatable bonds is 3. The zero-order valence-corrected chi connectivity index (χ0v) is 11.4. The van der Waals surface area contributed by atoms with Crippen LogP contribution in [0, 0.1) is 6.92 Å². The Morgan fingerprint density at radius 3 is 2.65 bits per heavy atom. The predicted molar refractivity (Wildman–Crippen MR) is 73.4 cm³/mol. The first-order chi connectivity index (χ1) is 9.72. The molecule has 3 rings (SSSR count). The molecule has 0 saturated heterocycles. The van der Waals surface area contributed by atoms with Crippen LogP contribution in [-0.2, 0) is 0 Å². The highest BCUT2D eigenvalue weighted by Gasteiger charge is 2.15. The van der Waals surface area contributed by atoms with E-state index >= 15 is 0 Å². The molecular formula is C14H10N2O3S. The lowest BCUT2D eigenvalue weighted by Crippen LogP contribution is -1.92. The minimum atomic E-state index is -0.139. The summed E-state index contributed by atoms with van der Waals surface area (Å²) in [5, 5.41) is 7.71. The van der Waals surface area contributed by atoms with Crippen LogP contribution < -0.4 is 0 Å². The van der Waals surface area contributed by atoms with Gasteiger partial charge in [-0.15, -0.1) is 10.2 Å². The monoisotopic (exact) mass is 286 g/mol. The van der Waals surface area contributed by atoms with Crippen molar-refractivity contribution in [3.63, 3.8) is 0 Å². The third-order valence-corrected chi connectivity index (χ3v) is 3.37. The number of benzene rings is 1. The van der Waals surface area contributed by atoms with Gasteiger partial charge in [-0.2, -0.15) is 0 Å². The Kier molecular flexibility index (Phi) is 3.39. The number of thioether (sulfide) groups is 1. The maximum absolute atomic E-state index is 12.0. The highest BCUT2D eigenvalue weighted by molar-refractivity contribution is 8.14. The highest BCUT2D eigenvalue weighted by atomic mass is 32.2. The van der Waals surface area contributed by atoms with Crippen molar-refractivity contribution in [3.05, 3.63) is 53.8 Å². The number of carbonyl (C=O) groups is 1. The van der Waals surface area contributed by atoms with E-state index in [9.17, 15) is 4.79 Å². The van der Waals surface area contributed by atoms with Crippen molar-refractivity contribution in [2.45, 2.75) is 12.1 Å². The van der Waals surface area contributed by atoms with Crippen LogP contribution in [0.4, 0.5) is 0 Å². The van der Waals surface area contributed by atoms with Crippen LogP contribution in [0.1, 0.15) is 15.9 Å². The van der Waals surface area contributed by atoms with E-state index in [1.807, 2.05) is 19.1 Å². The van der Waals surface area contributed by atoms with Gasteiger partial charge >= 0.3 is 0 Å². The number of hydrogen-bond acceptors (Lipinski definition) is 6. The molecule has 20 heavy (non-hydrogen) atoms. The smallest absolute Gasteiger partial charge is 0.284 e.